The summed E-state index contributed by atoms with van der Waals surface area (Å²) in [6, 6.07) is 6.13. The number of hydrogen-bond donors (Lipinski definition) is 1. The van der Waals surface area contributed by atoms with Crippen molar-refractivity contribution in [1.29, 1.82) is 0 Å². The van der Waals surface area contributed by atoms with Crippen molar-refractivity contribution in [1.82, 2.24) is 14.7 Å². The first-order chi connectivity index (χ1) is 10.6. The Morgan fingerprint density at radius 3 is 2.86 bits per heavy atom. The van der Waals surface area contributed by atoms with E-state index in [0.717, 1.165) is 16.3 Å². The largest absolute Gasteiger partial charge is 0.303 e. The van der Waals surface area contributed by atoms with Gasteiger partial charge in [0.05, 0.1) is 5.69 Å². The maximum Gasteiger partial charge on any atom is 0.259 e. The molecule has 0 aliphatic carbocycles. The number of fused-ring (bicyclic) bond motifs is 1. The van der Waals surface area contributed by atoms with Gasteiger partial charge in [-0.15, -0.1) is 22.7 Å². The van der Waals surface area contributed by atoms with Crippen LogP contribution in [0.4, 0.5) is 0 Å². The molecule has 0 fully saturated rings. The fourth-order valence-electron chi connectivity index (χ4n) is 2.54. The third-order valence-electron chi connectivity index (χ3n) is 3.65. The van der Waals surface area contributed by atoms with Gasteiger partial charge in [-0.2, -0.15) is 0 Å². The summed E-state index contributed by atoms with van der Waals surface area (Å²) >= 11 is 3.26. The van der Waals surface area contributed by atoms with Crippen LogP contribution in [-0.2, 0) is 6.54 Å². The average molecular weight is 333 g/mol. The van der Waals surface area contributed by atoms with E-state index in [9.17, 15) is 4.79 Å². The highest BCUT2D eigenvalue weighted by molar-refractivity contribution is 7.15. The number of aryl methyl sites for hydroxylation is 1. The van der Waals surface area contributed by atoms with Gasteiger partial charge >= 0.3 is 0 Å². The zero-order valence-electron chi connectivity index (χ0n) is 12.9. The zero-order valence-corrected chi connectivity index (χ0v) is 14.5. The van der Waals surface area contributed by atoms with Gasteiger partial charge in [-0.1, -0.05) is 19.9 Å². The van der Waals surface area contributed by atoms with Crippen molar-refractivity contribution >= 4 is 27.6 Å². The molecule has 3 rings (SSSR count). The van der Waals surface area contributed by atoms with Crippen LogP contribution in [0.25, 0.3) is 4.96 Å². The molecule has 0 saturated heterocycles. The van der Waals surface area contributed by atoms with Crippen molar-refractivity contribution < 1.29 is 0 Å². The van der Waals surface area contributed by atoms with Gasteiger partial charge in [-0.25, -0.2) is 4.98 Å². The monoisotopic (exact) mass is 333 g/mol. The van der Waals surface area contributed by atoms with E-state index in [0.29, 0.717) is 12.5 Å². The molecule has 3 aromatic rings. The highest BCUT2D eigenvalue weighted by Gasteiger charge is 2.16. The fraction of sp³-hybridized carbons (Fsp3) is 0.375. The van der Waals surface area contributed by atoms with Crippen molar-refractivity contribution in [2.45, 2.75) is 33.4 Å². The lowest BCUT2D eigenvalue weighted by Gasteiger charge is -2.21. The number of thiazole rings is 1. The van der Waals surface area contributed by atoms with Gasteiger partial charge in [0.15, 0.2) is 4.96 Å². The Bertz CT molecular complexity index is 818. The van der Waals surface area contributed by atoms with Crippen molar-refractivity contribution in [3.05, 3.63) is 55.6 Å². The molecule has 0 unspecified atom stereocenters. The molecule has 3 heterocycles. The summed E-state index contributed by atoms with van der Waals surface area (Å²) < 4.78 is 1.66. The summed E-state index contributed by atoms with van der Waals surface area (Å²) in [6.07, 6.45) is 0. The van der Waals surface area contributed by atoms with Crippen LogP contribution >= 0.6 is 22.7 Å². The van der Waals surface area contributed by atoms with Gasteiger partial charge in [-0.3, -0.25) is 9.20 Å². The number of hydrogen-bond acceptors (Lipinski definition) is 5. The molecule has 116 valence electrons. The van der Waals surface area contributed by atoms with Gasteiger partial charge in [0.1, 0.15) is 0 Å². The molecule has 3 aromatic heterocycles. The summed E-state index contributed by atoms with van der Waals surface area (Å²) in [6.45, 7) is 6.93. The topological polar surface area (TPSA) is 46.4 Å². The predicted molar refractivity (Wildman–Crippen MR) is 92.8 cm³/mol. The molecule has 6 heteroatoms. The quantitative estimate of drug-likeness (QED) is 0.776. The van der Waals surface area contributed by atoms with E-state index >= 15 is 0 Å². The Morgan fingerprint density at radius 1 is 1.36 bits per heavy atom. The molecule has 22 heavy (non-hydrogen) atoms. The number of nitrogens with one attached hydrogen (secondary N) is 1. The normalized spacial score (nSPS) is 13.1. The number of thiophene rings is 1. The molecule has 0 aliphatic rings. The first-order valence-corrected chi connectivity index (χ1v) is 9.05. The van der Waals surface area contributed by atoms with E-state index in [1.54, 1.807) is 21.8 Å². The van der Waals surface area contributed by atoms with Crippen LogP contribution in [-0.4, -0.2) is 9.38 Å². The Kier molecular flexibility index (Phi) is 4.42. The maximum absolute atomic E-state index is 12.2. The van der Waals surface area contributed by atoms with Crippen molar-refractivity contribution in [3.63, 3.8) is 0 Å². The molecule has 1 atom stereocenters. The first-order valence-electron chi connectivity index (χ1n) is 7.30. The summed E-state index contributed by atoms with van der Waals surface area (Å²) in [4.78, 5) is 18.9. The minimum Gasteiger partial charge on any atom is -0.303 e. The Morgan fingerprint density at radius 2 is 2.18 bits per heavy atom. The molecule has 4 nitrogen and oxygen atoms in total. The summed E-state index contributed by atoms with van der Waals surface area (Å²) in [5.41, 5.74) is 1.74. The van der Waals surface area contributed by atoms with Gasteiger partial charge in [0.25, 0.3) is 5.56 Å². The van der Waals surface area contributed by atoms with E-state index in [1.807, 2.05) is 12.3 Å². The summed E-state index contributed by atoms with van der Waals surface area (Å²) in [5, 5.41) is 7.60. The second kappa shape index (κ2) is 6.32. The molecular formula is C16H19N3OS2. The molecule has 0 bridgehead atoms. The van der Waals surface area contributed by atoms with E-state index < -0.39 is 0 Å². The van der Waals surface area contributed by atoms with E-state index in [4.69, 9.17) is 0 Å². The SMILES string of the molecule is Cc1csc2nc(CN[C@H](c3cccs3)C(C)C)cc(=O)n12. The predicted octanol–water partition coefficient (Wildman–Crippen LogP) is 3.61. The third kappa shape index (κ3) is 2.99. The Hall–Kier alpha value is -1.50. The van der Waals surface area contributed by atoms with Crippen LogP contribution in [0.3, 0.4) is 0 Å². The zero-order chi connectivity index (χ0) is 15.7. The summed E-state index contributed by atoms with van der Waals surface area (Å²) in [7, 11) is 0. The van der Waals surface area contributed by atoms with Crippen LogP contribution in [0, 0.1) is 12.8 Å². The third-order valence-corrected chi connectivity index (χ3v) is 5.55. The Balaban J connectivity index is 1.82. The van der Waals surface area contributed by atoms with Gasteiger partial charge < -0.3 is 5.32 Å². The highest BCUT2D eigenvalue weighted by atomic mass is 32.1. The average Bonchev–Trinajstić information content (AvgIpc) is 3.09. The molecule has 0 spiro atoms. The van der Waals surface area contributed by atoms with Crippen LogP contribution in [0.2, 0.25) is 0 Å². The van der Waals surface area contributed by atoms with Crippen molar-refractivity contribution in [2.75, 3.05) is 0 Å². The van der Waals surface area contributed by atoms with Crippen molar-refractivity contribution in [3.8, 4) is 0 Å². The molecule has 0 aliphatic heterocycles. The summed E-state index contributed by atoms with van der Waals surface area (Å²) in [5.74, 6) is 0.479. The highest BCUT2D eigenvalue weighted by Crippen LogP contribution is 2.26. The minimum atomic E-state index is -0.00206. The van der Waals surface area contributed by atoms with E-state index in [-0.39, 0.29) is 11.6 Å². The lowest BCUT2D eigenvalue weighted by Crippen LogP contribution is -2.26. The molecular weight excluding hydrogens is 314 g/mol. The molecule has 0 radical (unpaired) electrons. The second-order valence-electron chi connectivity index (χ2n) is 5.70. The van der Waals surface area contributed by atoms with E-state index in [1.165, 1.54) is 16.2 Å². The maximum atomic E-state index is 12.2. The fourth-order valence-corrected chi connectivity index (χ4v) is 4.40. The Labute approximate surface area is 137 Å². The van der Waals surface area contributed by atoms with Gasteiger partial charge in [0.2, 0.25) is 0 Å². The lowest BCUT2D eigenvalue weighted by atomic mass is 10.0. The number of aromatic nitrogens is 2. The van der Waals surface area contributed by atoms with Crippen LogP contribution in [0.15, 0.2) is 33.8 Å². The molecule has 1 N–H and O–H groups in total. The lowest BCUT2D eigenvalue weighted by molar-refractivity contribution is 0.414. The van der Waals surface area contributed by atoms with Crippen LogP contribution in [0.5, 0.6) is 0 Å². The molecule has 0 saturated carbocycles. The van der Waals surface area contributed by atoms with Gasteiger partial charge in [0, 0.05) is 34.6 Å². The first kappa shape index (κ1) is 15.4. The van der Waals surface area contributed by atoms with Crippen molar-refractivity contribution in [2.24, 2.45) is 5.92 Å². The van der Waals surface area contributed by atoms with E-state index in [2.05, 4.69) is 41.7 Å². The minimum absolute atomic E-state index is 0.00206. The standard InChI is InChI=1S/C16H19N3OS2/c1-10(2)15(13-5-4-6-21-13)17-8-12-7-14(20)19-11(3)9-22-16(19)18-12/h4-7,9-10,15,17H,8H2,1-3H3/t15-/m0/s1. The number of rotatable bonds is 5. The van der Waals surface area contributed by atoms with Crippen LogP contribution < -0.4 is 10.9 Å². The molecule has 0 amide bonds. The molecule has 0 aromatic carbocycles. The second-order valence-corrected chi connectivity index (χ2v) is 7.51. The van der Waals surface area contributed by atoms with Crippen LogP contribution in [0.1, 0.15) is 36.2 Å². The smallest absolute Gasteiger partial charge is 0.259 e. The number of nitrogens with zero attached hydrogens (tertiary/aromatic N) is 2. The van der Waals surface area contributed by atoms with Gasteiger partial charge in [-0.05, 0) is 24.3 Å².